The lowest BCUT2D eigenvalue weighted by Crippen LogP contribution is -2.51. The van der Waals surface area contributed by atoms with Crippen LogP contribution in [0.2, 0.25) is 0 Å². The van der Waals surface area contributed by atoms with Crippen LogP contribution in [0.3, 0.4) is 0 Å². The lowest BCUT2D eigenvalue weighted by molar-refractivity contribution is -0.384. The fourth-order valence-corrected chi connectivity index (χ4v) is 4.55. The Labute approximate surface area is 181 Å². The molecule has 1 aromatic carbocycles. The zero-order valence-corrected chi connectivity index (χ0v) is 18.3. The van der Waals surface area contributed by atoms with Gasteiger partial charge in [-0.15, -0.1) is 11.3 Å². The van der Waals surface area contributed by atoms with Gasteiger partial charge in [-0.2, -0.15) is 0 Å². The Morgan fingerprint density at radius 2 is 1.93 bits per heavy atom. The number of piperazine rings is 1. The Morgan fingerprint density at radius 1 is 1.21 bits per heavy atom. The quantitative estimate of drug-likeness (QED) is 0.468. The highest BCUT2D eigenvalue weighted by molar-refractivity contribution is 9.11. The Hall–Kier alpha value is -2.30. The van der Waals surface area contributed by atoms with E-state index in [1.807, 2.05) is 12.1 Å². The predicted octanol–water partition coefficient (Wildman–Crippen LogP) is 2.84. The molecule has 2 heterocycles. The van der Waals surface area contributed by atoms with E-state index in [0.717, 1.165) is 9.35 Å². The van der Waals surface area contributed by atoms with Crippen LogP contribution in [0.15, 0.2) is 40.2 Å². The van der Waals surface area contributed by atoms with Crippen molar-refractivity contribution < 1.29 is 14.5 Å². The molecule has 0 atom stereocenters. The lowest BCUT2D eigenvalue weighted by atomic mass is 10.1. The number of benzene rings is 1. The molecule has 0 N–H and O–H groups in total. The van der Waals surface area contributed by atoms with Gasteiger partial charge in [0.25, 0.3) is 11.6 Å². The first-order valence-electron chi connectivity index (χ1n) is 9.08. The van der Waals surface area contributed by atoms with Crippen molar-refractivity contribution in [1.29, 1.82) is 0 Å². The number of thiophene rings is 1. The number of rotatable bonds is 6. The highest BCUT2D eigenvalue weighted by atomic mass is 79.9. The number of hydrogen-bond acceptors (Lipinski definition) is 6. The number of hydrogen-bond donors (Lipinski definition) is 0. The van der Waals surface area contributed by atoms with Crippen molar-refractivity contribution in [3.05, 3.63) is 60.7 Å². The van der Waals surface area contributed by atoms with E-state index in [1.165, 1.54) is 22.3 Å². The van der Waals surface area contributed by atoms with Crippen LogP contribution < -0.4 is 0 Å². The van der Waals surface area contributed by atoms with Gasteiger partial charge >= 0.3 is 0 Å². The summed E-state index contributed by atoms with van der Waals surface area (Å²) >= 11 is 4.68. The molecule has 2 aromatic rings. The van der Waals surface area contributed by atoms with Crippen molar-refractivity contribution in [2.75, 3.05) is 39.8 Å². The molecule has 0 bridgehead atoms. The smallest absolute Gasteiger partial charge is 0.269 e. The van der Waals surface area contributed by atoms with Gasteiger partial charge < -0.3 is 9.80 Å². The Bertz CT molecular complexity index is 911. The van der Waals surface area contributed by atoms with Gasteiger partial charge in [0.1, 0.15) is 0 Å². The van der Waals surface area contributed by atoms with E-state index in [2.05, 4.69) is 20.8 Å². The number of nitrogens with zero attached hydrogens (tertiary/aromatic N) is 4. The summed E-state index contributed by atoms with van der Waals surface area (Å²) in [6.07, 6.45) is 0. The summed E-state index contributed by atoms with van der Waals surface area (Å²) in [5.74, 6) is -0.246. The van der Waals surface area contributed by atoms with Gasteiger partial charge in [-0.3, -0.25) is 24.6 Å². The first-order chi connectivity index (χ1) is 13.8. The van der Waals surface area contributed by atoms with Gasteiger partial charge in [0.2, 0.25) is 5.91 Å². The van der Waals surface area contributed by atoms with Crippen LogP contribution in [0.1, 0.15) is 15.2 Å². The number of carbonyl (C=O) groups excluding carboxylic acids is 2. The van der Waals surface area contributed by atoms with E-state index < -0.39 is 4.92 Å². The van der Waals surface area contributed by atoms with E-state index in [0.29, 0.717) is 37.6 Å². The zero-order chi connectivity index (χ0) is 21.0. The summed E-state index contributed by atoms with van der Waals surface area (Å²) in [6.45, 7) is 3.16. The van der Waals surface area contributed by atoms with Crippen molar-refractivity contribution in [1.82, 2.24) is 14.7 Å². The summed E-state index contributed by atoms with van der Waals surface area (Å²) in [5.41, 5.74) is 0.966. The summed E-state index contributed by atoms with van der Waals surface area (Å²) in [7, 11) is 1.63. The largest absolute Gasteiger partial charge is 0.339 e. The molecule has 3 rings (SSSR count). The standard InChI is InChI=1S/C19H21BrN4O4S/c1-21(19(26)16-5-6-17(20)29-16)13-18(25)23-9-7-22(8-10-23)12-14-3-2-4-15(11-14)24(27)28/h2-6,11H,7-10,12-13H2,1H3. The van der Waals surface area contributed by atoms with Gasteiger partial charge in [0.15, 0.2) is 0 Å². The fraction of sp³-hybridized carbons (Fsp3) is 0.368. The SMILES string of the molecule is CN(CC(=O)N1CCN(Cc2cccc([N+](=O)[O-])c2)CC1)C(=O)c1ccc(Br)s1. The number of nitro benzene ring substituents is 1. The third-order valence-electron chi connectivity index (χ3n) is 4.76. The normalized spacial score (nSPS) is 14.6. The summed E-state index contributed by atoms with van der Waals surface area (Å²) in [6, 6.07) is 10.2. The molecule has 8 nitrogen and oxygen atoms in total. The maximum Gasteiger partial charge on any atom is 0.269 e. The average Bonchev–Trinajstić information content (AvgIpc) is 3.14. The summed E-state index contributed by atoms with van der Waals surface area (Å²) in [4.78, 5) is 41.4. The van der Waals surface area contributed by atoms with Crippen molar-refractivity contribution in [3.8, 4) is 0 Å². The molecule has 0 aliphatic carbocycles. The number of halogens is 1. The molecule has 0 unspecified atom stereocenters. The molecular formula is C19H21BrN4O4S. The Morgan fingerprint density at radius 3 is 2.55 bits per heavy atom. The van der Waals surface area contributed by atoms with Crippen LogP contribution in [-0.2, 0) is 11.3 Å². The number of nitro groups is 1. The molecule has 1 aliphatic heterocycles. The van der Waals surface area contributed by atoms with Crippen LogP contribution in [0, 0.1) is 10.1 Å². The van der Waals surface area contributed by atoms with Gasteiger partial charge in [-0.05, 0) is 33.6 Å². The maximum atomic E-state index is 12.6. The lowest BCUT2D eigenvalue weighted by Gasteiger charge is -2.35. The van der Waals surface area contributed by atoms with Crippen LogP contribution >= 0.6 is 27.3 Å². The molecule has 1 fully saturated rings. The van der Waals surface area contributed by atoms with Gasteiger partial charge in [-0.1, -0.05) is 12.1 Å². The minimum absolute atomic E-state index is 0.0409. The van der Waals surface area contributed by atoms with Crippen LogP contribution in [-0.4, -0.2) is 71.2 Å². The third kappa shape index (κ3) is 5.62. The van der Waals surface area contributed by atoms with Crippen LogP contribution in [0.25, 0.3) is 0 Å². The van der Waals surface area contributed by atoms with E-state index in [-0.39, 0.29) is 24.0 Å². The number of likely N-dealkylation sites (N-methyl/N-ethyl adjacent to an activating group) is 1. The first-order valence-corrected chi connectivity index (χ1v) is 10.7. The molecule has 0 saturated carbocycles. The van der Waals surface area contributed by atoms with Crippen molar-refractivity contribution in [2.24, 2.45) is 0 Å². The maximum absolute atomic E-state index is 12.6. The molecular weight excluding hydrogens is 460 g/mol. The van der Waals surface area contributed by atoms with E-state index in [1.54, 1.807) is 30.1 Å². The molecule has 0 radical (unpaired) electrons. The molecule has 10 heteroatoms. The monoisotopic (exact) mass is 480 g/mol. The molecule has 154 valence electrons. The van der Waals surface area contributed by atoms with E-state index in [9.17, 15) is 19.7 Å². The number of non-ortho nitro benzene ring substituents is 1. The van der Waals surface area contributed by atoms with Crippen molar-refractivity contribution >= 4 is 44.8 Å². The average molecular weight is 481 g/mol. The second-order valence-electron chi connectivity index (χ2n) is 6.85. The van der Waals surface area contributed by atoms with Gasteiger partial charge in [-0.25, -0.2) is 0 Å². The Kier molecular flexibility index (Phi) is 6.99. The molecule has 1 saturated heterocycles. The third-order valence-corrected chi connectivity index (χ3v) is 6.37. The summed E-state index contributed by atoms with van der Waals surface area (Å²) < 4.78 is 0.875. The fourth-order valence-electron chi connectivity index (χ4n) is 3.17. The van der Waals surface area contributed by atoms with Gasteiger partial charge in [0, 0.05) is 51.9 Å². The number of carbonyl (C=O) groups is 2. The zero-order valence-electron chi connectivity index (χ0n) is 15.9. The molecule has 29 heavy (non-hydrogen) atoms. The van der Waals surface area contributed by atoms with Crippen LogP contribution in [0.4, 0.5) is 5.69 Å². The van der Waals surface area contributed by atoms with Crippen molar-refractivity contribution in [3.63, 3.8) is 0 Å². The van der Waals surface area contributed by atoms with E-state index >= 15 is 0 Å². The Balaban J connectivity index is 1.48. The van der Waals surface area contributed by atoms with Crippen LogP contribution in [0.5, 0.6) is 0 Å². The molecule has 0 spiro atoms. The minimum atomic E-state index is -0.396. The first kappa shape index (κ1) is 21.4. The topological polar surface area (TPSA) is 87.0 Å². The summed E-state index contributed by atoms with van der Waals surface area (Å²) in [5, 5.41) is 10.9. The molecule has 1 aliphatic rings. The number of amides is 2. The highest BCUT2D eigenvalue weighted by Gasteiger charge is 2.24. The van der Waals surface area contributed by atoms with Gasteiger partial charge in [0.05, 0.1) is 20.1 Å². The van der Waals surface area contributed by atoms with Crippen molar-refractivity contribution in [2.45, 2.75) is 6.54 Å². The minimum Gasteiger partial charge on any atom is -0.339 e. The predicted molar refractivity (Wildman–Crippen MR) is 114 cm³/mol. The molecule has 2 amide bonds. The van der Waals surface area contributed by atoms with E-state index in [4.69, 9.17) is 0 Å². The molecule has 1 aromatic heterocycles. The second-order valence-corrected chi connectivity index (χ2v) is 9.31. The second kappa shape index (κ2) is 9.47. The highest BCUT2D eigenvalue weighted by Crippen LogP contribution is 2.23.